The highest BCUT2D eigenvalue weighted by atomic mass is 16.2. The SMILES string of the molecule is CC(=O)NCCNC(=O)NCCNC(C)=O. The molecule has 0 aliphatic heterocycles. The van der Waals surface area contributed by atoms with Crippen LogP contribution in [0, 0.1) is 0 Å². The Labute approximate surface area is 94.3 Å². The molecule has 0 aliphatic carbocycles. The van der Waals surface area contributed by atoms with Crippen LogP contribution in [0.5, 0.6) is 0 Å². The summed E-state index contributed by atoms with van der Waals surface area (Å²) in [5.41, 5.74) is 0. The van der Waals surface area contributed by atoms with Crippen molar-refractivity contribution in [2.75, 3.05) is 26.2 Å². The van der Waals surface area contributed by atoms with Crippen LogP contribution < -0.4 is 21.3 Å². The van der Waals surface area contributed by atoms with Gasteiger partial charge in [0, 0.05) is 40.0 Å². The van der Waals surface area contributed by atoms with Crippen molar-refractivity contribution < 1.29 is 14.4 Å². The van der Waals surface area contributed by atoms with Crippen LogP contribution in [0.25, 0.3) is 0 Å². The Morgan fingerprint density at radius 3 is 1.31 bits per heavy atom. The van der Waals surface area contributed by atoms with Crippen molar-refractivity contribution in [2.24, 2.45) is 0 Å². The van der Waals surface area contributed by atoms with Crippen LogP contribution in [0.1, 0.15) is 13.8 Å². The van der Waals surface area contributed by atoms with Crippen LogP contribution >= 0.6 is 0 Å². The third-order valence-electron chi connectivity index (χ3n) is 1.57. The molecular formula is C9H18N4O3. The van der Waals surface area contributed by atoms with E-state index in [4.69, 9.17) is 0 Å². The van der Waals surface area contributed by atoms with Gasteiger partial charge in [-0.05, 0) is 0 Å². The topological polar surface area (TPSA) is 99.3 Å². The van der Waals surface area contributed by atoms with Gasteiger partial charge in [-0.25, -0.2) is 4.79 Å². The molecule has 0 atom stereocenters. The molecule has 7 heteroatoms. The lowest BCUT2D eigenvalue weighted by Crippen LogP contribution is -2.42. The molecule has 4 amide bonds. The molecule has 0 saturated heterocycles. The lowest BCUT2D eigenvalue weighted by molar-refractivity contribution is -0.119. The van der Waals surface area contributed by atoms with E-state index >= 15 is 0 Å². The summed E-state index contributed by atoms with van der Waals surface area (Å²) in [6.45, 7) is 4.35. The molecule has 0 unspecified atom stereocenters. The number of carbonyl (C=O) groups excluding carboxylic acids is 3. The van der Waals surface area contributed by atoms with E-state index in [-0.39, 0.29) is 17.8 Å². The first-order valence-electron chi connectivity index (χ1n) is 5.03. The van der Waals surface area contributed by atoms with Gasteiger partial charge in [0.05, 0.1) is 0 Å². The van der Waals surface area contributed by atoms with Gasteiger partial charge < -0.3 is 21.3 Å². The first-order chi connectivity index (χ1) is 7.52. The van der Waals surface area contributed by atoms with Crippen LogP contribution in [0.2, 0.25) is 0 Å². The molecule has 0 aromatic rings. The van der Waals surface area contributed by atoms with Gasteiger partial charge in [-0.2, -0.15) is 0 Å². The van der Waals surface area contributed by atoms with E-state index in [1.807, 2.05) is 0 Å². The fourth-order valence-electron chi connectivity index (χ4n) is 0.892. The minimum Gasteiger partial charge on any atom is -0.355 e. The largest absolute Gasteiger partial charge is 0.355 e. The summed E-state index contributed by atoms with van der Waals surface area (Å²) in [5.74, 6) is -0.263. The molecular weight excluding hydrogens is 212 g/mol. The molecule has 0 rings (SSSR count). The number of rotatable bonds is 6. The second kappa shape index (κ2) is 8.51. The Bertz CT molecular complexity index is 231. The summed E-state index contributed by atoms with van der Waals surface area (Å²) < 4.78 is 0. The zero-order chi connectivity index (χ0) is 12.4. The Morgan fingerprint density at radius 2 is 1.00 bits per heavy atom. The molecule has 16 heavy (non-hydrogen) atoms. The van der Waals surface area contributed by atoms with E-state index in [9.17, 15) is 14.4 Å². The first kappa shape index (κ1) is 14.2. The van der Waals surface area contributed by atoms with Crippen molar-refractivity contribution in [1.29, 1.82) is 0 Å². The maximum Gasteiger partial charge on any atom is 0.314 e. The lowest BCUT2D eigenvalue weighted by atomic mass is 10.5. The third-order valence-corrected chi connectivity index (χ3v) is 1.57. The Hall–Kier alpha value is -1.79. The number of amides is 4. The molecule has 0 fully saturated rings. The average Bonchev–Trinajstić information content (AvgIpc) is 2.19. The fourth-order valence-corrected chi connectivity index (χ4v) is 0.892. The molecule has 92 valence electrons. The summed E-state index contributed by atoms with van der Waals surface area (Å²) in [6.07, 6.45) is 0. The molecule has 0 bridgehead atoms. The molecule has 7 nitrogen and oxygen atoms in total. The van der Waals surface area contributed by atoms with E-state index in [1.54, 1.807) is 0 Å². The van der Waals surface area contributed by atoms with E-state index < -0.39 is 0 Å². The number of carbonyl (C=O) groups is 3. The summed E-state index contributed by atoms with van der Waals surface area (Å²) in [7, 11) is 0. The van der Waals surface area contributed by atoms with Crippen LogP contribution in [-0.4, -0.2) is 44.0 Å². The number of nitrogens with one attached hydrogen (secondary N) is 4. The number of hydrogen-bond acceptors (Lipinski definition) is 3. The monoisotopic (exact) mass is 230 g/mol. The van der Waals surface area contributed by atoms with Gasteiger partial charge in [-0.1, -0.05) is 0 Å². The van der Waals surface area contributed by atoms with Crippen molar-refractivity contribution in [2.45, 2.75) is 13.8 Å². The van der Waals surface area contributed by atoms with Crippen LogP contribution in [-0.2, 0) is 9.59 Å². The standard InChI is InChI=1S/C9H18N4O3/c1-7(14)10-3-5-12-9(16)13-6-4-11-8(2)15/h3-6H2,1-2H3,(H,10,14)(H,11,15)(H2,12,13,16). The van der Waals surface area contributed by atoms with Gasteiger partial charge in [0.25, 0.3) is 0 Å². The van der Waals surface area contributed by atoms with Crippen molar-refractivity contribution in [1.82, 2.24) is 21.3 Å². The highest BCUT2D eigenvalue weighted by Crippen LogP contribution is 1.67. The first-order valence-corrected chi connectivity index (χ1v) is 5.03. The summed E-state index contributed by atoms with van der Waals surface area (Å²) in [5, 5.41) is 10.2. The smallest absolute Gasteiger partial charge is 0.314 e. The van der Waals surface area contributed by atoms with Crippen molar-refractivity contribution in [3.05, 3.63) is 0 Å². The maximum atomic E-state index is 11.1. The molecule has 4 N–H and O–H groups in total. The third kappa shape index (κ3) is 10.3. The highest BCUT2D eigenvalue weighted by molar-refractivity contribution is 5.75. The van der Waals surface area contributed by atoms with Gasteiger partial charge in [0.15, 0.2) is 0 Å². The Balaban J connectivity index is 3.31. The quantitative estimate of drug-likeness (QED) is 0.420. The van der Waals surface area contributed by atoms with E-state index in [2.05, 4.69) is 21.3 Å². The van der Waals surface area contributed by atoms with Crippen molar-refractivity contribution in [3.8, 4) is 0 Å². The molecule has 0 heterocycles. The van der Waals surface area contributed by atoms with Gasteiger partial charge in [0.2, 0.25) is 11.8 Å². The zero-order valence-corrected chi connectivity index (χ0v) is 9.55. The van der Waals surface area contributed by atoms with E-state index in [0.717, 1.165) is 0 Å². The van der Waals surface area contributed by atoms with Crippen LogP contribution in [0.4, 0.5) is 4.79 Å². The van der Waals surface area contributed by atoms with Crippen LogP contribution in [0.15, 0.2) is 0 Å². The molecule has 0 saturated carbocycles. The zero-order valence-electron chi connectivity index (χ0n) is 9.55. The van der Waals surface area contributed by atoms with Gasteiger partial charge >= 0.3 is 6.03 Å². The van der Waals surface area contributed by atoms with Crippen molar-refractivity contribution in [3.63, 3.8) is 0 Å². The minimum absolute atomic E-state index is 0.132. The number of urea groups is 1. The molecule has 0 aromatic carbocycles. The summed E-state index contributed by atoms with van der Waals surface area (Å²) in [6, 6.07) is -0.323. The lowest BCUT2D eigenvalue weighted by Gasteiger charge is -2.07. The van der Waals surface area contributed by atoms with Gasteiger partial charge in [-0.15, -0.1) is 0 Å². The fraction of sp³-hybridized carbons (Fsp3) is 0.667. The molecule has 0 aromatic heterocycles. The second-order valence-corrected chi connectivity index (χ2v) is 3.15. The Kier molecular flexibility index (Phi) is 7.56. The predicted octanol–water partition coefficient (Wildman–Crippen LogP) is -1.44. The van der Waals surface area contributed by atoms with Crippen LogP contribution in [0.3, 0.4) is 0 Å². The maximum absolute atomic E-state index is 11.1. The molecule has 0 spiro atoms. The second-order valence-electron chi connectivity index (χ2n) is 3.15. The molecule has 0 aliphatic rings. The normalized spacial score (nSPS) is 9.12. The van der Waals surface area contributed by atoms with Crippen molar-refractivity contribution >= 4 is 17.8 Å². The van der Waals surface area contributed by atoms with E-state index in [0.29, 0.717) is 26.2 Å². The highest BCUT2D eigenvalue weighted by Gasteiger charge is 1.98. The molecule has 0 radical (unpaired) electrons. The Morgan fingerprint density at radius 1 is 0.688 bits per heavy atom. The number of hydrogen-bond donors (Lipinski definition) is 4. The minimum atomic E-state index is -0.323. The van der Waals surface area contributed by atoms with Gasteiger partial charge in [0.1, 0.15) is 0 Å². The predicted molar refractivity (Wildman–Crippen MR) is 58.8 cm³/mol. The van der Waals surface area contributed by atoms with Gasteiger partial charge in [-0.3, -0.25) is 9.59 Å². The summed E-state index contributed by atoms with van der Waals surface area (Å²) >= 11 is 0. The van der Waals surface area contributed by atoms with E-state index in [1.165, 1.54) is 13.8 Å². The average molecular weight is 230 g/mol. The summed E-state index contributed by atoms with van der Waals surface area (Å²) in [4.78, 5) is 32.1.